The third kappa shape index (κ3) is 3.48. The molecule has 2 saturated carbocycles. The lowest BCUT2D eigenvalue weighted by molar-refractivity contribution is 0.0955. The summed E-state index contributed by atoms with van der Waals surface area (Å²) >= 11 is 0. The molecule has 4 atom stereocenters. The molecule has 0 bridgehead atoms. The van der Waals surface area contributed by atoms with Gasteiger partial charge in [-0.05, 0) is 103 Å². The van der Waals surface area contributed by atoms with Crippen LogP contribution < -0.4 is 9.47 Å². The Morgan fingerprint density at radius 1 is 1.00 bits per heavy atom. The van der Waals surface area contributed by atoms with E-state index in [-0.39, 0.29) is 5.41 Å². The summed E-state index contributed by atoms with van der Waals surface area (Å²) in [5.74, 6) is 3.79. The highest BCUT2D eigenvalue weighted by molar-refractivity contribution is 5.93. The van der Waals surface area contributed by atoms with Crippen LogP contribution in [-0.2, 0) is 6.42 Å². The highest BCUT2D eigenvalue weighted by atomic mass is 16.5. The van der Waals surface area contributed by atoms with Crippen LogP contribution in [0.3, 0.4) is 0 Å². The first-order valence-corrected chi connectivity index (χ1v) is 11.7. The molecule has 0 aliphatic heterocycles. The molecule has 0 unspecified atom stereocenters. The van der Waals surface area contributed by atoms with Gasteiger partial charge in [0.15, 0.2) is 11.5 Å². The number of hydrogen-bond donors (Lipinski definition) is 1. The lowest BCUT2D eigenvalue weighted by Gasteiger charge is -2.49. The minimum Gasteiger partial charge on any atom is -0.508 e. The summed E-state index contributed by atoms with van der Waals surface area (Å²) in [5.41, 5.74) is 5.17. The molecule has 0 aromatic heterocycles. The number of hydrogen-bond acceptors (Lipinski definition) is 5. The van der Waals surface area contributed by atoms with Gasteiger partial charge in [-0.15, -0.1) is 0 Å². The van der Waals surface area contributed by atoms with Crippen molar-refractivity contribution in [2.24, 2.45) is 27.5 Å². The van der Waals surface area contributed by atoms with Gasteiger partial charge < -0.3 is 14.6 Å². The molecule has 32 heavy (non-hydrogen) atoms. The van der Waals surface area contributed by atoms with E-state index < -0.39 is 0 Å². The summed E-state index contributed by atoms with van der Waals surface area (Å²) < 4.78 is 10.7. The van der Waals surface area contributed by atoms with E-state index in [9.17, 15) is 5.11 Å². The van der Waals surface area contributed by atoms with Crippen LogP contribution in [0, 0.1) is 17.3 Å². The highest BCUT2D eigenvalue weighted by Crippen LogP contribution is 2.60. The summed E-state index contributed by atoms with van der Waals surface area (Å²) in [4.78, 5) is 0. The van der Waals surface area contributed by atoms with Crippen molar-refractivity contribution in [2.45, 2.75) is 51.4 Å². The molecule has 0 saturated heterocycles. The van der Waals surface area contributed by atoms with Gasteiger partial charge in [-0.2, -0.15) is 10.2 Å². The minimum atomic E-state index is 0.143. The Balaban J connectivity index is 1.35. The Hall–Kier alpha value is -2.82. The van der Waals surface area contributed by atoms with Crippen molar-refractivity contribution in [3.8, 4) is 17.2 Å². The van der Waals surface area contributed by atoms with Gasteiger partial charge in [-0.25, -0.2) is 0 Å². The lowest BCUT2D eigenvalue weighted by Crippen LogP contribution is -2.42. The third-order valence-corrected chi connectivity index (χ3v) is 8.24. The molecule has 0 radical (unpaired) electrons. The van der Waals surface area contributed by atoms with E-state index in [1.165, 1.54) is 36.1 Å². The van der Waals surface area contributed by atoms with Crippen molar-refractivity contribution in [1.82, 2.24) is 0 Å². The molecule has 5 rings (SSSR count). The van der Waals surface area contributed by atoms with E-state index >= 15 is 0 Å². The molecule has 1 N–H and O–H groups in total. The van der Waals surface area contributed by atoms with E-state index in [0.717, 1.165) is 24.8 Å². The fourth-order valence-corrected chi connectivity index (χ4v) is 6.62. The summed E-state index contributed by atoms with van der Waals surface area (Å²) in [6.07, 6.45) is 8.68. The maximum Gasteiger partial charge on any atom is 0.161 e. The molecular formula is C27H32N2O3. The van der Waals surface area contributed by atoms with Crippen LogP contribution in [-0.4, -0.2) is 31.3 Å². The first-order chi connectivity index (χ1) is 15.5. The van der Waals surface area contributed by atoms with Crippen molar-refractivity contribution in [3.05, 3.63) is 53.1 Å². The first kappa shape index (κ1) is 21.0. The molecule has 5 heteroatoms. The summed E-state index contributed by atoms with van der Waals surface area (Å²) in [6.45, 7) is 2.41. The van der Waals surface area contributed by atoms with Crippen LogP contribution in [0.5, 0.6) is 17.2 Å². The number of ether oxygens (including phenoxy) is 2. The quantitative estimate of drug-likeness (QED) is 0.495. The second-order valence-electron chi connectivity index (χ2n) is 9.70. The van der Waals surface area contributed by atoms with Crippen LogP contribution in [0.25, 0.3) is 0 Å². The number of aromatic hydroxyl groups is 1. The van der Waals surface area contributed by atoms with Gasteiger partial charge in [0.05, 0.1) is 20.4 Å². The maximum atomic E-state index is 9.89. The number of methoxy groups -OCH3 is 2. The van der Waals surface area contributed by atoms with Crippen molar-refractivity contribution in [2.75, 3.05) is 14.2 Å². The fourth-order valence-electron chi connectivity index (χ4n) is 6.62. The summed E-state index contributed by atoms with van der Waals surface area (Å²) in [6, 6.07) is 11.8. The van der Waals surface area contributed by atoms with Crippen molar-refractivity contribution in [1.29, 1.82) is 0 Å². The number of benzene rings is 2. The van der Waals surface area contributed by atoms with E-state index in [1.807, 2.05) is 30.3 Å². The number of aryl methyl sites for hydroxylation is 1. The molecule has 2 aromatic rings. The highest BCUT2D eigenvalue weighted by Gasteiger charge is 2.53. The van der Waals surface area contributed by atoms with Crippen LogP contribution >= 0.6 is 0 Å². The van der Waals surface area contributed by atoms with Gasteiger partial charge >= 0.3 is 0 Å². The predicted octanol–water partition coefficient (Wildman–Crippen LogP) is 5.74. The van der Waals surface area contributed by atoms with Crippen LogP contribution in [0.2, 0.25) is 0 Å². The van der Waals surface area contributed by atoms with Crippen LogP contribution in [0.15, 0.2) is 46.6 Å². The fraction of sp³-hybridized carbons (Fsp3) is 0.481. The van der Waals surface area contributed by atoms with Gasteiger partial charge in [-0.3, -0.25) is 0 Å². The van der Waals surface area contributed by atoms with Gasteiger partial charge in [-0.1, -0.05) is 13.0 Å². The normalized spacial score (nSPS) is 30.1. The van der Waals surface area contributed by atoms with E-state index in [4.69, 9.17) is 14.6 Å². The summed E-state index contributed by atoms with van der Waals surface area (Å²) in [7, 11) is 3.28. The van der Waals surface area contributed by atoms with Gasteiger partial charge in [0.25, 0.3) is 0 Å². The molecule has 0 heterocycles. The molecule has 5 nitrogen and oxygen atoms in total. The molecule has 3 aliphatic rings. The van der Waals surface area contributed by atoms with Crippen molar-refractivity contribution >= 4 is 11.9 Å². The van der Waals surface area contributed by atoms with Gasteiger partial charge in [0.1, 0.15) is 5.75 Å². The van der Waals surface area contributed by atoms with E-state index in [2.05, 4.69) is 18.1 Å². The minimum absolute atomic E-state index is 0.143. The SMILES string of the molecule is COc1ccc(/C=N\N=C2\CC[C@H]3[C@H]4CCc5cc(O)ccc5[C@@H]4CC[C@@]23C)cc1OC. The molecular weight excluding hydrogens is 400 g/mol. The Labute approximate surface area is 190 Å². The lowest BCUT2D eigenvalue weighted by atomic mass is 9.55. The molecule has 2 aromatic carbocycles. The average Bonchev–Trinajstić information content (AvgIpc) is 3.15. The molecule has 3 aliphatic carbocycles. The van der Waals surface area contributed by atoms with E-state index in [1.54, 1.807) is 20.4 Å². The average molecular weight is 433 g/mol. The number of nitrogens with zero attached hydrogens (tertiary/aromatic N) is 2. The Morgan fingerprint density at radius 2 is 1.84 bits per heavy atom. The molecule has 168 valence electrons. The Morgan fingerprint density at radius 3 is 2.66 bits per heavy atom. The number of rotatable bonds is 4. The van der Waals surface area contributed by atoms with Crippen molar-refractivity contribution in [3.63, 3.8) is 0 Å². The summed E-state index contributed by atoms with van der Waals surface area (Å²) in [5, 5.41) is 19.1. The predicted molar refractivity (Wildman–Crippen MR) is 127 cm³/mol. The first-order valence-electron chi connectivity index (χ1n) is 11.7. The topological polar surface area (TPSA) is 63.4 Å². The molecule has 0 spiro atoms. The van der Waals surface area contributed by atoms with E-state index in [0.29, 0.717) is 35.0 Å². The Bertz CT molecular complexity index is 1080. The smallest absolute Gasteiger partial charge is 0.161 e. The largest absolute Gasteiger partial charge is 0.508 e. The third-order valence-electron chi connectivity index (χ3n) is 8.24. The molecule has 0 amide bonds. The zero-order valence-electron chi connectivity index (χ0n) is 19.2. The zero-order valence-corrected chi connectivity index (χ0v) is 19.2. The van der Waals surface area contributed by atoms with Crippen molar-refractivity contribution < 1.29 is 14.6 Å². The standard InChI is InChI=1S/C27H32N2O3/c1-27-13-12-21-20-8-6-19(30)15-18(20)5-7-22(21)23(27)9-11-26(27)29-28-16-17-4-10-24(31-2)25(14-17)32-3/h4,6,8,10,14-16,21-23,30H,5,7,9,11-13H2,1-3H3/b28-16-,29-26-/t21-,22-,23-,27+/m0/s1. The second-order valence-corrected chi connectivity index (χ2v) is 9.70. The monoisotopic (exact) mass is 432 g/mol. The number of phenols is 1. The Kier molecular flexibility index (Phi) is 5.44. The van der Waals surface area contributed by atoms with Gasteiger partial charge in [0.2, 0.25) is 0 Å². The molecule has 2 fully saturated rings. The van der Waals surface area contributed by atoms with Gasteiger partial charge in [0, 0.05) is 11.1 Å². The second kappa shape index (κ2) is 8.27. The maximum absolute atomic E-state index is 9.89. The zero-order chi connectivity index (χ0) is 22.3. The van der Waals surface area contributed by atoms with Crippen LogP contribution in [0.4, 0.5) is 0 Å². The number of fused-ring (bicyclic) bond motifs is 5. The van der Waals surface area contributed by atoms with Crippen LogP contribution in [0.1, 0.15) is 61.6 Å². The number of phenolic OH excluding ortho intramolecular Hbond substituents is 1.